The summed E-state index contributed by atoms with van der Waals surface area (Å²) in [6.07, 6.45) is 0. The number of nitrogens with zero attached hydrogens (tertiary/aromatic N) is 1. The molecule has 0 aliphatic carbocycles. The molecule has 0 aromatic heterocycles. The van der Waals surface area contributed by atoms with Crippen molar-refractivity contribution < 1.29 is 22.7 Å². The Kier molecular flexibility index (Phi) is 8.55. The lowest BCUT2D eigenvalue weighted by Gasteiger charge is -2.24. The maximum atomic E-state index is 13.6. The second-order valence-electron chi connectivity index (χ2n) is 7.62. The minimum atomic E-state index is -4.04. The van der Waals surface area contributed by atoms with Crippen molar-refractivity contribution >= 4 is 27.5 Å². The Hall–Kier alpha value is -3.07. The SMILES string of the molecule is COc1ccc(S(=O)(=O)N(CC(=O)N[C@@H](C)c2ccc(Cl)cc2)Cc2ccccc2)cc1OC. The van der Waals surface area contributed by atoms with E-state index in [1.54, 1.807) is 12.1 Å². The first-order valence-electron chi connectivity index (χ1n) is 10.6. The number of carbonyl (C=O) groups is 1. The molecule has 0 aliphatic rings. The standard InChI is InChI=1S/C25H27ClN2O5S/c1-18(20-9-11-21(26)12-10-20)27-25(29)17-28(16-19-7-5-4-6-8-19)34(30,31)22-13-14-23(32-2)24(15-22)33-3/h4-15,18H,16-17H2,1-3H3,(H,27,29)/t18-/m0/s1. The molecule has 0 unspecified atom stereocenters. The minimum absolute atomic E-state index is 0.000342. The topological polar surface area (TPSA) is 84.9 Å². The van der Waals surface area contributed by atoms with E-state index in [1.807, 2.05) is 49.4 Å². The van der Waals surface area contributed by atoms with Crippen molar-refractivity contribution in [1.82, 2.24) is 9.62 Å². The van der Waals surface area contributed by atoms with Gasteiger partial charge in [-0.25, -0.2) is 8.42 Å². The van der Waals surface area contributed by atoms with Crippen LogP contribution in [-0.2, 0) is 21.4 Å². The number of nitrogens with one attached hydrogen (secondary N) is 1. The number of carbonyl (C=O) groups excluding carboxylic acids is 1. The predicted molar refractivity (Wildman–Crippen MR) is 132 cm³/mol. The molecule has 3 aromatic carbocycles. The molecule has 34 heavy (non-hydrogen) atoms. The predicted octanol–water partition coefficient (Wildman–Crippen LogP) is 4.43. The highest BCUT2D eigenvalue weighted by molar-refractivity contribution is 7.89. The molecule has 9 heteroatoms. The zero-order valence-corrected chi connectivity index (χ0v) is 20.8. The van der Waals surface area contributed by atoms with Crippen LogP contribution in [-0.4, -0.2) is 39.4 Å². The van der Waals surface area contributed by atoms with Gasteiger partial charge < -0.3 is 14.8 Å². The molecule has 3 rings (SSSR count). The van der Waals surface area contributed by atoms with E-state index in [-0.39, 0.29) is 29.8 Å². The highest BCUT2D eigenvalue weighted by Crippen LogP contribution is 2.31. The van der Waals surface area contributed by atoms with E-state index in [0.29, 0.717) is 10.8 Å². The molecule has 0 aliphatic heterocycles. The molecule has 7 nitrogen and oxygen atoms in total. The van der Waals surface area contributed by atoms with Crippen LogP contribution in [0.2, 0.25) is 5.02 Å². The molecule has 1 N–H and O–H groups in total. The van der Waals surface area contributed by atoms with E-state index < -0.39 is 15.9 Å². The quantitative estimate of drug-likeness (QED) is 0.443. The molecule has 0 bridgehead atoms. The van der Waals surface area contributed by atoms with Crippen LogP contribution >= 0.6 is 11.6 Å². The Morgan fingerprint density at radius 3 is 2.24 bits per heavy atom. The van der Waals surface area contributed by atoms with Gasteiger partial charge in [-0.1, -0.05) is 54.1 Å². The highest BCUT2D eigenvalue weighted by atomic mass is 35.5. The summed E-state index contributed by atoms with van der Waals surface area (Å²) in [5.74, 6) is 0.261. The third-order valence-electron chi connectivity index (χ3n) is 5.26. The van der Waals surface area contributed by atoms with E-state index >= 15 is 0 Å². The van der Waals surface area contributed by atoms with Gasteiger partial charge in [0.1, 0.15) is 0 Å². The van der Waals surface area contributed by atoms with Crippen LogP contribution in [0.3, 0.4) is 0 Å². The van der Waals surface area contributed by atoms with Crippen molar-refractivity contribution in [3.05, 3.63) is 88.9 Å². The van der Waals surface area contributed by atoms with Gasteiger partial charge in [0.15, 0.2) is 11.5 Å². The molecule has 3 aromatic rings. The monoisotopic (exact) mass is 502 g/mol. The van der Waals surface area contributed by atoms with Gasteiger partial charge >= 0.3 is 0 Å². The molecule has 0 saturated carbocycles. The molecule has 0 saturated heterocycles. The van der Waals surface area contributed by atoms with Crippen molar-refractivity contribution in [3.8, 4) is 11.5 Å². The van der Waals surface area contributed by atoms with E-state index in [0.717, 1.165) is 15.4 Å². The fourth-order valence-corrected chi connectivity index (χ4v) is 4.95. The number of amides is 1. The Labute approximate surface area is 205 Å². The van der Waals surface area contributed by atoms with Gasteiger partial charge in [0.25, 0.3) is 0 Å². The lowest BCUT2D eigenvalue weighted by molar-refractivity contribution is -0.122. The Morgan fingerprint density at radius 1 is 0.971 bits per heavy atom. The molecule has 180 valence electrons. The summed E-state index contributed by atoms with van der Waals surface area (Å²) < 4.78 is 38.8. The van der Waals surface area contributed by atoms with Gasteiger partial charge in [-0.2, -0.15) is 4.31 Å². The summed E-state index contributed by atoms with van der Waals surface area (Å²) in [7, 11) is -1.13. The summed E-state index contributed by atoms with van der Waals surface area (Å²) in [5.41, 5.74) is 1.61. The lowest BCUT2D eigenvalue weighted by Crippen LogP contribution is -2.41. The van der Waals surface area contributed by atoms with Crippen LogP contribution in [0.25, 0.3) is 0 Å². The fraction of sp³-hybridized carbons (Fsp3) is 0.240. The van der Waals surface area contributed by atoms with E-state index in [2.05, 4.69) is 5.32 Å². The number of halogens is 1. The normalized spacial score (nSPS) is 12.3. The second kappa shape index (κ2) is 11.4. The van der Waals surface area contributed by atoms with E-state index in [4.69, 9.17) is 21.1 Å². The molecular weight excluding hydrogens is 476 g/mol. The van der Waals surface area contributed by atoms with Crippen molar-refractivity contribution in [2.24, 2.45) is 0 Å². The summed E-state index contributed by atoms with van der Waals surface area (Å²) in [5, 5.41) is 3.46. The van der Waals surface area contributed by atoms with Crippen LogP contribution in [0.4, 0.5) is 0 Å². The van der Waals surface area contributed by atoms with Gasteiger partial charge in [-0.05, 0) is 42.3 Å². The molecular formula is C25H27ClN2O5S. The average Bonchev–Trinajstić information content (AvgIpc) is 2.84. The van der Waals surface area contributed by atoms with Gasteiger partial charge in [0.2, 0.25) is 15.9 Å². The summed E-state index contributed by atoms with van der Waals surface area (Å²) >= 11 is 5.94. The summed E-state index contributed by atoms with van der Waals surface area (Å²) in [6, 6.07) is 20.2. The fourth-order valence-electron chi connectivity index (χ4n) is 3.42. The average molecular weight is 503 g/mol. The van der Waals surface area contributed by atoms with Crippen LogP contribution < -0.4 is 14.8 Å². The van der Waals surface area contributed by atoms with Crippen molar-refractivity contribution in [3.63, 3.8) is 0 Å². The number of rotatable bonds is 10. The molecule has 1 amide bonds. The highest BCUT2D eigenvalue weighted by Gasteiger charge is 2.28. The van der Waals surface area contributed by atoms with Crippen molar-refractivity contribution in [2.75, 3.05) is 20.8 Å². The Morgan fingerprint density at radius 2 is 1.62 bits per heavy atom. The number of hydrogen-bond acceptors (Lipinski definition) is 5. The number of methoxy groups -OCH3 is 2. The zero-order chi connectivity index (χ0) is 24.7. The molecule has 0 spiro atoms. The smallest absolute Gasteiger partial charge is 0.243 e. The second-order valence-corrected chi connectivity index (χ2v) is 9.99. The Bertz CT molecular complexity index is 1220. The molecule has 0 heterocycles. The van der Waals surface area contributed by atoms with Gasteiger partial charge in [-0.3, -0.25) is 4.79 Å². The first-order chi connectivity index (χ1) is 16.2. The number of benzene rings is 3. The minimum Gasteiger partial charge on any atom is -0.493 e. The van der Waals surface area contributed by atoms with Gasteiger partial charge in [0.05, 0.1) is 31.7 Å². The van der Waals surface area contributed by atoms with Gasteiger partial charge in [0, 0.05) is 17.6 Å². The van der Waals surface area contributed by atoms with E-state index in [9.17, 15) is 13.2 Å². The largest absolute Gasteiger partial charge is 0.493 e. The van der Waals surface area contributed by atoms with Gasteiger partial charge in [-0.15, -0.1) is 0 Å². The van der Waals surface area contributed by atoms with Crippen molar-refractivity contribution in [1.29, 1.82) is 0 Å². The third kappa shape index (κ3) is 6.28. The number of hydrogen-bond donors (Lipinski definition) is 1. The maximum Gasteiger partial charge on any atom is 0.243 e. The van der Waals surface area contributed by atoms with Crippen LogP contribution in [0.1, 0.15) is 24.1 Å². The molecule has 0 radical (unpaired) electrons. The first-order valence-corrected chi connectivity index (χ1v) is 12.4. The van der Waals surface area contributed by atoms with E-state index in [1.165, 1.54) is 32.4 Å². The Balaban J connectivity index is 1.87. The van der Waals surface area contributed by atoms with Crippen LogP contribution in [0.15, 0.2) is 77.7 Å². The molecule has 0 fully saturated rings. The maximum absolute atomic E-state index is 13.6. The summed E-state index contributed by atoms with van der Waals surface area (Å²) in [6.45, 7) is 1.50. The molecule has 1 atom stereocenters. The zero-order valence-electron chi connectivity index (χ0n) is 19.2. The first kappa shape index (κ1) is 25.6. The van der Waals surface area contributed by atoms with Crippen LogP contribution in [0.5, 0.6) is 11.5 Å². The van der Waals surface area contributed by atoms with Crippen LogP contribution in [0, 0.1) is 0 Å². The lowest BCUT2D eigenvalue weighted by atomic mass is 10.1. The number of sulfonamides is 1. The summed E-state index contributed by atoms with van der Waals surface area (Å²) in [4.78, 5) is 12.9. The van der Waals surface area contributed by atoms with Crippen molar-refractivity contribution in [2.45, 2.75) is 24.4 Å². The number of ether oxygens (including phenoxy) is 2. The third-order valence-corrected chi connectivity index (χ3v) is 7.30.